The second-order valence-corrected chi connectivity index (χ2v) is 4.04. The van der Waals surface area contributed by atoms with Crippen LogP contribution < -0.4 is 5.73 Å². The fraction of sp³-hybridized carbons (Fsp3) is 0.900. The Kier molecular flexibility index (Phi) is 4.02. The molecule has 88 valence electrons. The van der Waals surface area contributed by atoms with Gasteiger partial charge in [-0.15, -0.1) is 0 Å². The summed E-state index contributed by atoms with van der Waals surface area (Å²) in [5, 5.41) is 0. The van der Waals surface area contributed by atoms with Gasteiger partial charge in [0.05, 0.1) is 13.5 Å². The highest BCUT2D eigenvalue weighted by Crippen LogP contribution is 2.39. The zero-order chi connectivity index (χ0) is 11.5. The first kappa shape index (κ1) is 12.4. The van der Waals surface area contributed by atoms with Gasteiger partial charge in [0.15, 0.2) is 0 Å². The van der Waals surface area contributed by atoms with Crippen molar-refractivity contribution in [2.24, 2.45) is 11.7 Å². The number of hydrogen-bond acceptors (Lipinski definition) is 3. The minimum atomic E-state index is -2.84. The number of methoxy groups -OCH3 is 1. The molecular weight excluding hydrogens is 204 g/mol. The van der Waals surface area contributed by atoms with Gasteiger partial charge in [0.2, 0.25) is 0 Å². The molecule has 1 rings (SSSR count). The number of carbonyl (C=O) groups is 1. The van der Waals surface area contributed by atoms with E-state index in [1.54, 1.807) is 0 Å². The molecule has 1 saturated carbocycles. The monoisotopic (exact) mass is 221 g/mol. The fourth-order valence-corrected chi connectivity index (χ4v) is 2.07. The van der Waals surface area contributed by atoms with E-state index >= 15 is 0 Å². The first-order valence-electron chi connectivity index (χ1n) is 5.17. The van der Waals surface area contributed by atoms with E-state index in [1.165, 1.54) is 7.11 Å². The molecule has 0 saturated heterocycles. The van der Waals surface area contributed by atoms with Crippen molar-refractivity contribution >= 4 is 5.97 Å². The molecule has 1 aliphatic carbocycles. The van der Waals surface area contributed by atoms with Gasteiger partial charge >= 0.3 is 5.97 Å². The second kappa shape index (κ2) is 4.88. The Morgan fingerprint density at radius 2 is 2.20 bits per heavy atom. The summed E-state index contributed by atoms with van der Waals surface area (Å²) in [6.07, 6.45) is 1.15. The quantitative estimate of drug-likeness (QED) is 0.735. The predicted molar refractivity (Wildman–Crippen MR) is 51.5 cm³/mol. The number of nitrogens with two attached hydrogens (primary N) is 1. The highest BCUT2D eigenvalue weighted by atomic mass is 19.3. The van der Waals surface area contributed by atoms with Gasteiger partial charge in [-0.3, -0.25) is 4.79 Å². The van der Waals surface area contributed by atoms with Crippen molar-refractivity contribution in [1.82, 2.24) is 0 Å². The number of ether oxygens (including phenoxy) is 1. The largest absolute Gasteiger partial charge is 0.469 e. The number of carbonyl (C=O) groups excluding carboxylic acids is 1. The van der Waals surface area contributed by atoms with E-state index in [0.717, 1.165) is 6.42 Å². The Morgan fingerprint density at radius 3 is 2.67 bits per heavy atom. The van der Waals surface area contributed by atoms with Gasteiger partial charge in [0, 0.05) is 18.4 Å². The van der Waals surface area contributed by atoms with Gasteiger partial charge in [-0.25, -0.2) is 8.78 Å². The summed E-state index contributed by atoms with van der Waals surface area (Å²) in [5.41, 5.74) is 5.61. The van der Waals surface area contributed by atoms with Gasteiger partial charge in [-0.2, -0.15) is 0 Å². The van der Waals surface area contributed by atoms with Crippen molar-refractivity contribution in [3.05, 3.63) is 0 Å². The summed E-state index contributed by atoms with van der Waals surface area (Å²) in [5.74, 6) is -4.22. The summed E-state index contributed by atoms with van der Waals surface area (Å²) in [7, 11) is 1.20. The third-order valence-corrected chi connectivity index (χ3v) is 3.00. The lowest BCUT2D eigenvalue weighted by Gasteiger charge is -2.26. The lowest BCUT2D eigenvalue weighted by molar-refractivity contribution is -0.144. The van der Waals surface area contributed by atoms with Crippen LogP contribution in [0.3, 0.4) is 0 Å². The molecule has 0 unspecified atom stereocenters. The number of esters is 1. The number of hydrogen-bond donors (Lipinski definition) is 1. The van der Waals surface area contributed by atoms with E-state index in [0.29, 0.717) is 12.8 Å². The highest BCUT2D eigenvalue weighted by molar-refractivity contribution is 5.69. The van der Waals surface area contributed by atoms with Crippen molar-refractivity contribution < 1.29 is 18.3 Å². The van der Waals surface area contributed by atoms with Crippen LogP contribution in [0, 0.1) is 5.92 Å². The Bertz CT molecular complexity index is 233. The van der Waals surface area contributed by atoms with E-state index in [1.807, 2.05) is 0 Å². The molecule has 0 amide bonds. The molecule has 15 heavy (non-hydrogen) atoms. The highest BCUT2D eigenvalue weighted by Gasteiger charge is 2.44. The Labute approximate surface area is 88.0 Å². The van der Waals surface area contributed by atoms with Crippen LogP contribution in [-0.4, -0.2) is 25.0 Å². The van der Waals surface area contributed by atoms with Crippen LogP contribution in [0.2, 0.25) is 0 Å². The van der Waals surface area contributed by atoms with Crippen LogP contribution in [0.1, 0.15) is 32.1 Å². The molecule has 3 nitrogen and oxygen atoms in total. The maximum Gasteiger partial charge on any atom is 0.305 e. The Hall–Kier alpha value is -0.710. The van der Waals surface area contributed by atoms with E-state index in [2.05, 4.69) is 4.74 Å². The maximum atomic E-state index is 13.6. The summed E-state index contributed by atoms with van der Waals surface area (Å²) in [6, 6.07) is -0.433. The van der Waals surface area contributed by atoms with E-state index in [9.17, 15) is 13.6 Å². The number of halogens is 2. The van der Waals surface area contributed by atoms with Gasteiger partial charge in [-0.05, 0) is 12.8 Å². The first-order valence-corrected chi connectivity index (χ1v) is 5.17. The van der Waals surface area contributed by atoms with Crippen molar-refractivity contribution in [2.75, 3.05) is 7.11 Å². The van der Waals surface area contributed by atoms with Gasteiger partial charge < -0.3 is 10.5 Å². The summed E-state index contributed by atoms with van der Waals surface area (Å²) >= 11 is 0. The molecule has 5 heteroatoms. The zero-order valence-electron chi connectivity index (χ0n) is 8.84. The number of alkyl halides is 2. The molecule has 0 aliphatic heterocycles. The van der Waals surface area contributed by atoms with Crippen LogP contribution in [0.25, 0.3) is 0 Å². The lowest BCUT2D eigenvalue weighted by atomic mass is 9.93. The smallest absolute Gasteiger partial charge is 0.305 e. The van der Waals surface area contributed by atoms with Gasteiger partial charge in [0.25, 0.3) is 5.92 Å². The normalized spacial score (nSPS) is 26.7. The minimum Gasteiger partial charge on any atom is -0.469 e. The van der Waals surface area contributed by atoms with Gasteiger partial charge in [-0.1, -0.05) is 6.42 Å². The second-order valence-electron chi connectivity index (χ2n) is 4.04. The molecular formula is C10H17F2NO2. The van der Waals surface area contributed by atoms with Crippen molar-refractivity contribution in [1.29, 1.82) is 0 Å². The SMILES string of the molecule is COC(=O)CCC(F)(F)[C@H]1CCC[C@@H]1N. The zero-order valence-corrected chi connectivity index (χ0v) is 8.84. The van der Waals surface area contributed by atoms with Crippen LogP contribution >= 0.6 is 0 Å². The molecule has 0 aromatic carbocycles. The molecule has 0 aromatic rings. The van der Waals surface area contributed by atoms with Crippen molar-refractivity contribution in [3.8, 4) is 0 Å². The van der Waals surface area contributed by atoms with Gasteiger partial charge in [0.1, 0.15) is 0 Å². The van der Waals surface area contributed by atoms with Crippen molar-refractivity contribution in [3.63, 3.8) is 0 Å². The third-order valence-electron chi connectivity index (χ3n) is 3.00. The van der Waals surface area contributed by atoms with Crippen LogP contribution in [-0.2, 0) is 9.53 Å². The summed E-state index contributed by atoms with van der Waals surface area (Å²) in [6.45, 7) is 0. The topological polar surface area (TPSA) is 52.3 Å². The summed E-state index contributed by atoms with van der Waals surface area (Å²) < 4.78 is 31.5. The molecule has 0 aromatic heterocycles. The number of rotatable bonds is 4. The van der Waals surface area contributed by atoms with E-state index in [4.69, 9.17) is 5.73 Å². The predicted octanol–water partition coefficient (Wildman–Crippen LogP) is 1.70. The molecule has 1 fully saturated rings. The molecule has 0 heterocycles. The summed E-state index contributed by atoms with van der Waals surface area (Å²) in [4.78, 5) is 10.8. The standard InChI is InChI=1S/C10H17F2NO2/c1-15-9(14)5-6-10(11,12)7-3-2-4-8(7)13/h7-8H,2-6,13H2,1H3/t7-,8-/m0/s1. The van der Waals surface area contributed by atoms with E-state index < -0.39 is 30.3 Å². The molecule has 2 N–H and O–H groups in total. The lowest BCUT2D eigenvalue weighted by Crippen LogP contribution is -2.38. The maximum absolute atomic E-state index is 13.6. The van der Waals surface area contributed by atoms with Crippen LogP contribution in [0.4, 0.5) is 8.78 Å². The Balaban J connectivity index is 2.46. The minimum absolute atomic E-state index is 0.243. The first-order chi connectivity index (χ1) is 6.97. The molecule has 0 radical (unpaired) electrons. The fourth-order valence-electron chi connectivity index (χ4n) is 2.07. The average Bonchev–Trinajstić information content (AvgIpc) is 2.61. The van der Waals surface area contributed by atoms with Crippen LogP contribution in [0.5, 0.6) is 0 Å². The van der Waals surface area contributed by atoms with Crippen LogP contribution in [0.15, 0.2) is 0 Å². The average molecular weight is 221 g/mol. The molecule has 1 aliphatic rings. The van der Waals surface area contributed by atoms with E-state index in [-0.39, 0.29) is 6.42 Å². The third kappa shape index (κ3) is 3.12. The molecule has 2 atom stereocenters. The Morgan fingerprint density at radius 1 is 1.53 bits per heavy atom. The molecule has 0 spiro atoms. The molecule has 0 bridgehead atoms. The van der Waals surface area contributed by atoms with Crippen molar-refractivity contribution in [2.45, 2.75) is 44.1 Å².